The zero-order valence-electron chi connectivity index (χ0n) is 18.7. The van der Waals surface area contributed by atoms with Crippen LogP contribution in [-0.4, -0.2) is 35.6 Å². The van der Waals surface area contributed by atoms with Crippen molar-refractivity contribution in [3.63, 3.8) is 0 Å². The summed E-state index contributed by atoms with van der Waals surface area (Å²) >= 11 is 0. The fourth-order valence-electron chi connectivity index (χ4n) is 3.83. The summed E-state index contributed by atoms with van der Waals surface area (Å²) in [5.41, 5.74) is 1.31. The zero-order chi connectivity index (χ0) is 24.2. The van der Waals surface area contributed by atoms with E-state index >= 15 is 0 Å². The first kappa shape index (κ1) is 22.6. The van der Waals surface area contributed by atoms with Crippen molar-refractivity contribution in [3.8, 4) is 17.6 Å². The summed E-state index contributed by atoms with van der Waals surface area (Å²) in [6.07, 6.45) is 3.13. The standard InChI is InChI=1S/C25H22N4O5/c1-3-33-17-9-10-22(34-4-2)21(14-17)29-24(31)19(23(30)27-25(29)32)13-16-15-28(12-11-26)20-8-6-5-7-18(16)20/h5-10,13-15H,3-4,12H2,1-2H3,(H,27,30,32)/b19-13+. The molecule has 0 saturated carbocycles. The summed E-state index contributed by atoms with van der Waals surface area (Å²) in [6, 6.07) is 13.4. The number of para-hydroxylation sites is 1. The Hall–Kier alpha value is -4.58. The average molecular weight is 458 g/mol. The third-order valence-electron chi connectivity index (χ3n) is 5.24. The van der Waals surface area contributed by atoms with E-state index in [4.69, 9.17) is 14.7 Å². The molecule has 1 aliphatic heterocycles. The number of hydrogen-bond donors (Lipinski definition) is 1. The minimum Gasteiger partial charge on any atom is -0.494 e. The van der Waals surface area contributed by atoms with Gasteiger partial charge in [0.1, 0.15) is 23.6 Å². The molecule has 1 aliphatic rings. The molecule has 0 bridgehead atoms. The van der Waals surface area contributed by atoms with E-state index in [9.17, 15) is 14.4 Å². The van der Waals surface area contributed by atoms with Crippen LogP contribution in [0.2, 0.25) is 0 Å². The number of ether oxygens (including phenoxy) is 2. The lowest BCUT2D eigenvalue weighted by atomic mass is 10.1. The van der Waals surface area contributed by atoms with Crippen LogP contribution in [0.1, 0.15) is 19.4 Å². The number of rotatable bonds is 7. The van der Waals surface area contributed by atoms with Gasteiger partial charge in [0.05, 0.1) is 25.0 Å². The Morgan fingerprint density at radius 3 is 2.56 bits per heavy atom. The highest BCUT2D eigenvalue weighted by atomic mass is 16.5. The summed E-state index contributed by atoms with van der Waals surface area (Å²) in [5.74, 6) is -0.847. The molecule has 9 nitrogen and oxygen atoms in total. The number of aromatic nitrogens is 1. The predicted octanol–water partition coefficient (Wildman–Crippen LogP) is 3.63. The molecule has 1 saturated heterocycles. The Bertz CT molecular complexity index is 1370. The third-order valence-corrected chi connectivity index (χ3v) is 5.24. The van der Waals surface area contributed by atoms with Gasteiger partial charge in [-0.3, -0.25) is 14.9 Å². The van der Waals surface area contributed by atoms with Gasteiger partial charge in [-0.15, -0.1) is 0 Å². The lowest BCUT2D eigenvalue weighted by Crippen LogP contribution is -2.54. The Morgan fingerprint density at radius 2 is 1.82 bits per heavy atom. The Morgan fingerprint density at radius 1 is 1.06 bits per heavy atom. The van der Waals surface area contributed by atoms with E-state index in [2.05, 4.69) is 11.4 Å². The van der Waals surface area contributed by atoms with Gasteiger partial charge in [0.25, 0.3) is 11.8 Å². The van der Waals surface area contributed by atoms with Gasteiger partial charge in [0.15, 0.2) is 0 Å². The summed E-state index contributed by atoms with van der Waals surface area (Å²) in [7, 11) is 0. The van der Waals surface area contributed by atoms with Gasteiger partial charge in [0.2, 0.25) is 0 Å². The maximum absolute atomic E-state index is 13.5. The molecule has 4 rings (SSSR count). The number of carbonyl (C=O) groups is 3. The van der Waals surface area contributed by atoms with E-state index in [1.54, 1.807) is 29.8 Å². The summed E-state index contributed by atoms with van der Waals surface area (Å²) in [6.45, 7) is 4.41. The number of hydrogen-bond acceptors (Lipinski definition) is 6. The highest BCUT2D eigenvalue weighted by Crippen LogP contribution is 2.35. The number of nitrogens with one attached hydrogen (secondary N) is 1. The minimum atomic E-state index is -0.881. The molecule has 3 aromatic rings. The first-order valence-electron chi connectivity index (χ1n) is 10.7. The normalized spacial score (nSPS) is 14.9. The fourth-order valence-corrected chi connectivity index (χ4v) is 3.83. The van der Waals surface area contributed by atoms with Crippen LogP contribution in [-0.2, 0) is 16.1 Å². The number of amides is 4. The van der Waals surface area contributed by atoms with Gasteiger partial charge in [0, 0.05) is 28.7 Å². The lowest BCUT2D eigenvalue weighted by molar-refractivity contribution is -0.122. The molecule has 2 aromatic carbocycles. The fraction of sp³-hybridized carbons (Fsp3) is 0.200. The summed E-state index contributed by atoms with van der Waals surface area (Å²) in [4.78, 5) is 39.8. The first-order chi connectivity index (χ1) is 16.5. The topological polar surface area (TPSA) is 114 Å². The van der Waals surface area contributed by atoms with Crippen molar-refractivity contribution in [1.29, 1.82) is 5.26 Å². The number of urea groups is 1. The molecule has 172 valence electrons. The molecule has 9 heteroatoms. The maximum Gasteiger partial charge on any atom is 0.336 e. The number of nitriles is 1. The summed E-state index contributed by atoms with van der Waals surface area (Å²) < 4.78 is 12.9. The number of nitrogens with zero attached hydrogens (tertiary/aromatic N) is 3. The van der Waals surface area contributed by atoms with Gasteiger partial charge in [-0.1, -0.05) is 18.2 Å². The van der Waals surface area contributed by atoms with Crippen molar-refractivity contribution < 1.29 is 23.9 Å². The van der Waals surface area contributed by atoms with Gasteiger partial charge in [-0.2, -0.15) is 5.26 Å². The number of anilines is 1. The number of carbonyl (C=O) groups excluding carboxylic acids is 3. The minimum absolute atomic E-state index is 0.108. The van der Waals surface area contributed by atoms with Crippen molar-refractivity contribution in [3.05, 3.63) is 59.8 Å². The lowest BCUT2D eigenvalue weighted by Gasteiger charge is -2.28. The van der Waals surface area contributed by atoms with Crippen LogP contribution >= 0.6 is 0 Å². The second-order valence-electron chi connectivity index (χ2n) is 7.34. The van der Waals surface area contributed by atoms with E-state index in [0.717, 1.165) is 15.8 Å². The molecule has 0 aliphatic carbocycles. The molecule has 0 unspecified atom stereocenters. The largest absolute Gasteiger partial charge is 0.494 e. The van der Waals surface area contributed by atoms with Crippen molar-refractivity contribution in [2.75, 3.05) is 18.1 Å². The van der Waals surface area contributed by atoms with Gasteiger partial charge < -0.3 is 14.0 Å². The molecule has 0 radical (unpaired) electrons. The highest BCUT2D eigenvalue weighted by Gasteiger charge is 2.38. The Labute approximate surface area is 195 Å². The molecule has 1 fully saturated rings. The second-order valence-corrected chi connectivity index (χ2v) is 7.34. The molecule has 1 aromatic heterocycles. The smallest absolute Gasteiger partial charge is 0.336 e. The van der Waals surface area contributed by atoms with Gasteiger partial charge >= 0.3 is 6.03 Å². The molecule has 1 N–H and O–H groups in total. The molecule has 0 spiro atoms. The Balaban J connectivity index is 1.82. The molecule has 0 atom stereocenters. The summed E-state index contributed by atoms with van der Waals surface area (Å²) in [5, 5.41) is 12.1. The van der Waals surface area contributed by atoms with Crippen LogP contribution in [0.25, 0.3) is 17.0 Å². The Kier molecular flexibility index (Phi) is 6.32. The van der Waals surface area contributed by atoms with Crippen molar-refractivity contribution in [2.24, 2.45) is 0 Å². The van der Waals surface area contributed by atoms with Crippen LogP contribution in [0, 0.1) is 11.3 Å². The van der Waals surface area contributed by atoms with Crippen LogP contribution < -0.4 is 19.7 Å². The number of imide groups is 2. The third kappa shape index (κ3) is 4.09. The van der Waals surface area contributed by atoms with Crippen LogP contribution in [0.3, 0.4) is 0 Å². The van der Waals surface area contributed by atoms with E-state index in [1.165, 1.54) is 12.1 Å². The monoisotopic (exact) mass is 458 g/mol. The molecular formula is C25H22N4O5. The number of fused-ring (bicyclic) bond motifs is 1. The zero-order valence-corrected chi connectivity index (χ0v) is 18.7. The van der Waals surface area contributed by atoms with Gasteiger partial charge in [-0.25, -0.2) is 9.69 Å². The van der Waals surface area contributed by atoms with E-state index in [1.807, 2.05) is 31.2 Å². The average Bonchev–Trinajstić information content (AvgIpc) is 3.16. The van der Waals surface area contributed by atoms with Crippen LogP contribution in [0.5, 0.6) is 11.5 Å². The van der Waals surface area contributed by atoms with E-state index in [0.29, 0.717) is 30.3 Å². The van der Waals surface area contributed by atoms with Crippen molar-refractivity contribution in [2.45, 2.75) is 20.4 Å². The van der Waals surface area contributed by atoms with Crippen LogP contribution in [0.15, 0.2) is 54.2 Å². The molecule has 2 heterocycles. The first-order valence-corrected chi connectivity index (χ1v) is 10.7. The predicted molar refractivity (Wildman–Crippen MR) is 125 cm³/mol. The van der Waals surface area contributed by atoms with Crippen molar-refractivity contribution >= 4 is 40.5 Å². The van der Waals surface area contributed by atoms with E-state index in [-0.39, 0.29) is 17.8 Å². The van der Waals surface area contributed by atoms with Crippen LogP contribution in [0.4, 0.5) is 10.5 Å². The SMILES string of the molecule is CCOc1ccc(OCC)c(N2C(=O)NC(=O)/C(=C\c3cn(CC#N)c4ccccc34)C2=O)c1. The van der Waals surface area contributed by atoms with E-state index < -0.39 is 17.8 Å². The molecular weight excluding hydrogens is 436 g/mol. The van der Waals surface area contributed by atoms with Gasteiger partial charge in [-0.05, 0) is 38.1 Å². The second kappa shape index (κ2) is 9.50. The number of barbiturate groups is 1. The highest BCUT2D eigenvalue weighted by molar-refractivity contribution is 6.39. The quantitative estimate of drug-likeness (QED) is 0.427. The molecule has 34 heavy (non-hydrogen) atoms. The maximum atomic E-state index is 13.5. The molecule has 4 amide bonds. The number of benzene rings is 2. The van der Waals surface area contributed by atoms with Crippen molar-refractivity contribution in [1.82, 2.24) is 9.88 Å².